The first-order valence-corrected chi connectivity index (χ1v) is 6.81. The monoisotopic (exact) mass is 279 g/mol. The molecule has 0 saturated carbocycles. The van der Waals surface area contributed by atoms with Crippen LogP contribution in [-0.2, 0) is 13.2 Å². The second-order valence-corrected chi connectivity index (χ2v) is 4.73. The zero-order valence-electron chi connectivity index (χ0n) is 11.0. The van der Waals surface area contributed by atoms with E-state index in [1.54, 1.807) is 12.3 Å². The molecule has 1 aromatic carbocycles. The third kappa shape index (κ3) is 4.30. The van der Waals surface area contributed by atoms with Crippen molar-refractivity contribution in [3.63, 3.8) is 0 Å². The van der Waals surface area contributed by atoms with Crippen LogP contribution in [0.5, 0.6) is 5.75 Å². The van der Waals surface area contributed by atoms with Gasteiger partial charge in [0, 0.05) is 10.6 Å². The molecule has 0 aliphatic heterocycles. The Kier molecular flexibility index (Phi) is 5.31. The number of nitrogens with one attached hydrogen (secondary N) is 1. The molecule has 0 fully saturated rings. The van der Waals surface area contributed by atoms with Gasteiger partial charge in [0.1, 0.15) is 18.1 Å². The van der Waals surface area contributed by atoms with Crippen LogP contribution in [0.4, 0.5) is 0 Å². The summed E-state index contributed by atoms with van der Waals surface area (Å²) in [6.07, 6.45) is 2.80. The normalized spacial score (nSPS) is 10.6. The Morgan fingerprint density at radius 3 is 3.00 bits per heavy atom. The molecule has 0 amide bonds. The van der Waals surface area contributed by atoms with Gasteiger partial charge >= 0.3 is 0 Å². The zero-order valence-corrected chi connectivity index (χ0v) is 11.7. The Bertz CT molecular complexity index is 510. The molecule has 0 atom stereocenters. The third-order valence-electron chi connectivity index (χ3n) is 2.74. The molecule has 0 aliphatic rings. The second kappa shape index (κ2) is 7.22. The summed E-state index contributed by atoms with van der Waals surface area (Å²) >= 11 is 5.91. The van der Waals surface area contributed by atoms with E-state index >= 15 is 0 Å². The SMILES string of the molecule is CCCNCc1occc1COc1cccc(Cl)c1. The van der Waals surface area contributed by atoms with Crippen molar-refractivity contribution in [3.05, 3.63) is 52.9 Å². The van der Waals surface area contributed by atoms with Gasteiger partial charge in [-0.2, -0.15) is 0 Å². The molecular weight excluding hydrogens is 262 g/mol. The van der Waals surface area contributed by atoms with Crippen molar-refractivity contribution in [2.24, 2.45) is 0 Å². The van der Waals surface area contributed by atoms with Crippen LogP contribution >= 0.6 is 11.6 Å². The predicted octanol–water partition coefficient (Wildman–Crippen LogP) is 4.01. The standard InChI is InChI=1S/C15H18ClNO2/c1-2-7-17-10-15-12(6-8-18-15)11-19-14-5-3-4-13(16)9-14/h3-6,8-9,17H,2,7,10-11H2,1H3. The highest BCUT2D eigenvalue weighted by Crippen LogP contribution is 2.19. The average molecular weight is 280 g/mol. The number of benzene rings is 1. The quantitative estimate of drug-likeness (QED) is 0.778. The largest absolute Gasteiger partial charge is 0.489 e. The van der Waals surface area contributed by atoms with Crippen molar-refractivity contribution in [1.29, 1.82) is 0 Å². The minimum Gasteiger partial charge on any atom is -0.489 e. The molecule has 2 rings (SSSR count). The van der Waals surface area contributed by atoms with Gasteiger partial charge in [0.2, 0.25) is 0 Å². The highest BCUT2D eigenvalue weighted by Gasteiger charge is 2.06. The fourth-order valence-electron chi connectivity index (χ4n) is 1.75. The molecule has 1 N–H and O–H groups in total. The van der Waals surface area contributed by atoms with Gasteiger partial charge in [-0.3, -0.25) is 0 Å². The van der Waals surface area contributed by atoms with Gasteiger partial charge in [0.15, 0.2) is 0 Å². The number of furan rings is 1. The van der Waals surface area contributed by atoms with E-state index in [-0.39, 0.29) is 0 Å². The van der Waals surface area contributed by atoms with E-state index in [9.17, 15) is 0 Å². The van der Waals surface area contributed by atoms with Gasteiger partial charge < -0.3 is 14.5 Å². The molecule has 0 bridgehead atoms. The molecule has 3 nitrogen and oxygen atoms in total. The fourth-order valence-corrected chi connectivity index (χ4v) is 1.93. The van der Waals surface area contributed by atoms with E-state index in [0.29, 0.717) is 11.6 Å². The van der Waals surface area contributed by atoms with Crippen LogP contribution in [0.1, 0.15) is 24.7 Å². The Labute approximate surface area is 118 Å². The lowest BCUT2D eigenvalue weighted by molar-refractivity contribution is 0.301. The van der Waals surface area contributed by atoms with Crippen molar-refractivity contribution < 1.29 is 9.15 Å². The van der Waals surface area contributed by atoms with Crippen molar-refractivity contribution in [2.45, 2.75) is 26.5 Å². The van der Waals surface area contributed by atoms with Gasteiger partial charge in [0.05, 0.1) is 12.8 Å². The summed E-state index contributed by atoms with van der Waals surface area (Å²) < 4.78 is 11.2. The first-order valence-electron chi connectivity index (χ1n) is 6.44. The van der Waals surface area contributed by atoms with Crippen molar-refractivity contribution in [3.8, 4) is 5.75 Å². The average Bonchev–Trinajstić information content (AvgIpc) is 2.84. The predicted molar refractivity (Wildman–Crippen MR) is 76.5 cm³/mol. The van der Waals surface area contributed by atoms with Gasteiger partial charge in [-0.25, -0.2) is 0 Å². The highest BCUT2D eigenvalue weighted by atomic mass is 35.5. The summed E-state index contributed by atoms with van der Waals surface area (Å²) in [5, 5.41) is 3.99. The van der Waals surface area contributed by atoms with E-state index in [1.807, 2.05) is 24.3 Å². The molecule has 102 valence electrons. The van der Waals surface area contributed by atoms with Gasteiger partial charge in [0.25, 0.3) is 0 Å². The Morgan fingerprint density at radius 1 is 1.32 bits per heavy atom. The van der Waals surface area contributed by atoms with E-state index in [1.165, 1.54) is 0 Å². The number of rotatable bonds is 7. The second-order valence-electron chi connectivity index (χ2n) is 4.29. The molecule has 0 unspecified atom stereocenters. The molecule has 0 saturated heterocycles. The summed E-state index contributed by atoms with van der Waals surface area (Å²) in [6.45, 7) is 4.34. The lowest BCUT2D eigenvalue weighted by Crippen LogP contribution is -2.14. The van der Waals surface area contributed by atoms with Crippen LogP contribution in [0.25, 0.3) is 0 Å². The molecule has 2 aromatic rings. The van der Waals surface area contributed by atoms with Crippen molar-refractivity contribution in [1.82, 2.24) is 5.32 Å². The van der Waals surface area contributed by atoms with Crippen LogP contribution in [-0.4, -0.2) is 6.54 Å². The maximum Gasteiger partial charge on any atom is 0.124 e. The molecule has 4 heteroatoms. The number of ether oxygens (including phenoxy) is 1. The fraction of sp³-hybridized carbons (Fsp3) is 0.333. The van der Waals surface area contributed by atoms with Crippen LogP contribution in [0.3, 0.4) is 0 Å². The smallest absolute Gasteiger partial charge is 0.124 e. The molecule has 0 aliphatic carbocycles. The van der Waals surface area contributed by atoms with E-state index in [0.717, 1.165) is 36.6 Å². The van der Waals surface area contributed by atoms with E-state index in [4.69, 9.17) is 20.8 Å². The Morgan fingerprint density at radius 2 is 2.21 bits per heavy atom. The first kappa shape index (κ1) is 14.0. The van der Waals surface area contributed by atoms with Crippen molar-refractivity contribution in [2.75, 3.05) is 6.54 Å². The summed E-state index contributed by atoms with van der Waals surface area (Å²) in [6, 6.07) is 9.33. The Hall–Kier alpha value is -1.45. The summed E-state index contributed by atoms with van der Waals surface area (Å²) in [5.74, 6) is 1.69. The van der Waals surface area contributed by atoms with Crippen LogP contribution in [0.2, 0.25) is 5.02 Å². The maximum absolute atomic E-state index is 5.91. The number of hydrogen-bond donors (Lipinski definition) is 1. The minimum absolute atomic E-state index is 0.486. The highest BCUT2D eigenvalue weighted by molar-refractivity contribution is 6.30. The number of hydrogen-bond acceptors (Lipinski definition) is 3. The number of halogens is 1. The van der Waals surface area contributed by atoms with E-state index in [2.05, 4.69) is 12.2 Å². The van der Waals surface area contributed by atoms with Gasteiger partial charge in [-0.15, -0.1) is 0 Å². The third-order valence-corrected chi connectivity index (χ3v) is 2.98. The van der Waals surface area contributed by atoms with Gasteiger partial charge in [-0.05, 0) is 37.2 Å². The lowest BCUT2D eigenvalue weighted by Gasteiger charge is -2.07. The topological polar surface area (TPSA) is 34.4 Å². The minimum atomic E-state index is 0.486. The summed E-state index contributed by atoms with van der Waals surface area (Å²) in [7, 11) is 0. The van der Waals surface area contributed by atoms with E-state index < -0.39 is 0 Å². The molecular formula is C15H18ClNO2. The Balaban J connectivity index is 1.90. The summed E-state index contributed by atoms with van der Waals surface area (Å²) in [5.41, 5.74) is 1.06. The zero-order chi connectivity index (χ0) is 13.5. The lowest BCUT2D eigenvalue weighted by atomic mass is 10.2. The first-order chi connectivity index (χ1) is 9.29. The van der Waals surface area contributed by atoms with Crippen LogP contribution < -0.4 is 10.1 Å². The van der Waals surface area contributed by atoms with Crippen LogP contribution in [0.15, 0.2) is 41.0 Å². The molecule has 19 heavy (non-hydrogen) atoms. The molecule has 0 radical (unpaired) electrons. The summed E-state index contributed by atoms with van der Waals surface area (Å²) in [4.78, 5) is 0. The molecule has 1 aromatic heterocycles. The molecule has 1 heterocycles. The van der Waals surface area contributed by atoms with Gasteiger partial charge in [-0.1, -0.05) is 24.6 Å². The molecule has 0 spiro atoms. The van der Waals surface area contributed by atoms with Crippen LogP contribution in [0, 0.1) is 0 Å². The maximum atomic E-state index is 5.91. The van der Waals surface area contributed by atoms with Crippen molar-refractivity contribution >= 4 is 11.6 Å².